The van der Waals surface area contributed by atoms with Crippen LogP contribution in [-0.4, -0.2) is 65.1 Å². The van der Waals surface area contributed by atoms with Gasteiger partial charge in [0.15, 0.2) is 23.0 Å². The summed E-state index contributed by atoms with van der Waals surface area (Å²) < 4.78 is 32.5. The molecule has 3 aromatic rings. The molecule has 2 amide bonds. The van der Waals surface area contributed by atoms with Crippen LogP contribution in [0.1, 0.15) is 46.5 Å². The molecule has 0 atom stereocenters. The molecule has 0 aliphatic heterocycles. The van der Waals surface area contributed by atoms with Gasteiger partial charge in [-0.05, 0) is 73.5 Å². The highest BCUT2D eigenvalue weighted by Crippen LogP contribution is 2.38. The molecule has 228 valence electrons. The van der Waals surface area contributed by atoms with Gasteiger partial charge in [0.25, 0.3) is 11.8 Å². The summed E-state index contributed by atoms with van der Waals surface area (Å²) in [6, 6.07) is 14.5. The van der Waals surface area contributed by atoms with Gasteiger partial charge in [-0.2, -0.15) is 5.10 Å². The molecule has 12 nitrogen and oxygen atoms in total. The average molecular weight is 594 g/mol. The summed E-state index contributed by atoms with van der Waals surface area (Å²) in [5.41, 5.74) is 3.49. The number of nitrogens with zero attached hydrogens (tertiary/aromatic N) is 1. The Labute approximate surface area is 249 Å². The predicted octanol–water partition coefficient (Wildman–Crippen LogP) is 4.00. The smallest absolute Gasteiger partial charge is 0.343 e. The quantitative estimate of drug-likeness (QED) is 0.116. The molecule has 0 saturated heterocycles. The summed E-state index contributed by atoms with van der Waals surface area (Å²) >= 11 is 0. The first kappa shape index (κ1) is 32.3. The topological polar surface area (TPSA) is 143 Å². The molecule has 43 heavy (non-hydrogen) atoms. The van der Waals surface area contributed by atoms with Crippen LogP contribution in [0.3, 0.4) is 0 Å². The van der Waals surface area contributed by atoms with Crippen LogP contribution in [0.5, 0.6) is 34.5 Å². The fraction of sp³-hybridized carbons (Fsp3) is 0.290. The van der Waals surface area contributed by atoms with E-state index in [1.807, 2.05) is 6.92 Å². The van der Waals surface area contributed by atoms with E-state index in [-0.39, 0.29) is 17.9 Å². The van der Waals surface area contributed by atoms with Crippen molar-refractivity contribution in [1.29, 1.82) is 0 Å². The Kier molecular flexibility index (Phi) is 12.2. The van der Waals surface area contributed by atoms with Gasteiger partial charge in [-0.25, -0.2) is 10.2 Å². The van der Waals surface area contributed by atoms with Crippen molar-refractivity contribution in [3.63, 3.8) is 0 Å². The number of amides is 2. The number of ether oxygens (including phenoxy) is 6. The molecule has 3 aromatic carbocycles. The SMILES string of the molecule is CCCOc1ccc(C(=O)Oc2ccc(/C=N\NC(=O)CNC(=O)c3cc(OC)c(OC)c(OC)c3)cc2OCC)cc1. The van der Waals surface area contributed by atoms with E-state index < -0.39 is 17.8 Å². The maximum absolute atomic E-state index is 12.7. The number of rotatable bonds is 15. The molecule has 3 rings (SSSR count). The second-order valence-electron chi connectivity index (χ2n) is 8.79. The van der Waals surface area contributed by atoms with Crippen LogP contribution in [0.25, 0.3) is 0 Å². The van der Waals surface area contributed by atoms with Gasteiger partial charge in [0, 0.05) is 5.56 Å². The molecule has 0 aliphatic rings. The lowest BCUT2D eigenvalue weighted by Gasteiger charge is -2.14. The number of carbonyl (C=O) groups is 3. The van der Waals surface area contributed by atoms with E-state index in [2.05, 4.69) is 15.8 Å². The van der Waals surface area contributed by atoms with E-state index in [9.17, 15) is 14.4 Å². The van der Waals surface area contributed by atoms with E-state index in [1.54, 1.807) is 49.4 Å². The van der Waals surface area contributed by atoms with E-state index in [0.29, 0.717) is 53.1 Å². The third-order valence-corrected chi connectivity index (χ3v) is 5.77. The summed E-state index contributed by atoms with van der Waals surface area (Å²) in [6.07, 6.45) is 2.27. The minimum Gasteiger partial charge on any atom is -0.494 e. The summed E-state index contributed by atoms with van der Waals surface area (Å²) in [6.45, 7) is 4.40. The van der Waals surface area contributed by atoms with E-state index in [0.717, 1.165) is 6.42 Å². The van der Waals surface area contributed by atoms with Gasteiger partial charge in [-0.3, -0.25) is 9.59 Å². The lowest BCUT2D eigenvalue weighted by atomic mass is 10.1. The molecule has 2 N–H and O–H groups in total. The first-order valence-electron chi connectivity index (χ1n) is 13.4. The maximum Gasteiger partial charge on any atom is 0.343 e. The minimum absolute atomic E-state index is 0.216. The second kappa shape index (κ2) is 16.2. The fourth-order valence-corrected chi connectivity index (χ4v) is 3.72. The van der Waals surface area contributed by atoms with Crippen LogP contribution < -0.4 is 39.2 Å². The second-order valence-corrected chi connectivity index (χ2v) is 8.79. The maximum atomic E-state index is 12.7. The van der Waals surface area contributed by atoms with Crippen LogP contribution in [-0.2, 0) is 4.79 Å². The molecule has 0 saturated carbocycles. The highest BCUT2D eigenvalue weighted by Gasteiger charge is 2.18. The molecule has 0 fully saturated rings. The van der Waals surface area contributed by atoms with Gasteiger partial charge in [-0.1, -0.05) is 6.92 Å². The number of benzene rings is 3. The zero-order chi connectivity index (χ0) is 31.2. The largest absolute Gasteiger partial charge is 0.494 e. The third-order valence-electron chi connectivity index (χ3n) is 5.77. The van der Waals surface area contributed by atoms with Gasteiger partial charge in [0.2, 0.25) is 5.75 Å². The summed E-state index contributed by atoms with van der Waals surface area (Å²) in [7, 11) is 4.33. The van der Waals surface area contributed by atoms with Crippen LogP contribution in [0.15, 0.2) is 59.7 Å². The Morgan fingerprint density at radius 3 is 2.09 bits per heavy atom. The molecule has 0 aliphatic carbocycles. The number of hydrogen-bond donors (Lipinski definition) is 2. The van der Waals surface area contributed by atoms with E-state index in [1.165, 1.54) is 39.7 Å². The average Bonchev–Trinajstić information content (AvgIpc) is 3.03. The van der Waals surface area contributed by atoms with Crippen molar-refractivity contribution in [2.24, 2.45) is 5.10 Å². The Balaban J connectivity index is 1.58. The molecule has 0 bridgehead atoms. The highest BCUT2D eigenvalue weighted by atomic mass is 16.6. The molecule has 12 heteroatoms. The first-order chi connectivity index (χ1) is 20.8. The zero-order valence-corrected chi connectivity index (χ0v) is 24.7. The van der Waals surface area contributed by atoms with Crippen molar-refractivity contribution in [2.45, 2.75) is 20.3 Å². The van der Waals surface area contributed by atoms with E-state index >= 15 is 0 Å². The molecule has 0 unspecified atom stereocenters. The summed E-state index contributed by atoms with van der Waals surface area (Å²) in [4.78, 5) is 37.5. The van der Waals surface area contributed by atoms with Gasteiger partial charge >= 0.3 is 5.97 Å². The number of hydrogen-bond acceptors (Lipinski definition) is 10. The zero-order valence-electron chi connectivity index (χ0n) is 24.7. The van der Waals surface area contributed by atoms with Crippen molar-refractivity contribution in [3.8, 4) is 34.5 Å². The molecule has 0 aromatic heterocycles. The molecular weight excluding hydrogens is 558 g/mol. The van der Waals surface area contributed by atoms with Crippen molar-refractivity contribution in [2.75, 3.05) is 41.1 Å². The number of nitrogens with one attached hydrogen (secondary N) is 2. The normalized spacial score (nSPS) is 10.5. The van der Waals surface area contributed by atoms with Gasteiger partial charge in [0.1, 0.15) is 5.75 Å². The molecule has 0 radical (unpaired) electrons. The molecule has 0 heterocycles. The fourth-order valence-electron chi connectivity index (χ4n) is 3.72. The van der Waals surface area contributed by atoms with Crippen LogP contribution in [0.4, 0.5) is 0 Å². The Bertz CT molecular complexity index is 1410. The first-order valence-corrected chi connectivity index (χ1v) is 13.4. The van der Waals surface area contributed by atoms with Crippen molar-refractivity contribution in [3.05, 3.63) is 71.3 Å². The summed E-state index contributed by atoms with van der Waals surface area (Å²) in [5, 5.41) is 6.44. The number of carbonyl (C=O) groups excluding carboxylic acids is 3. The Hall–Kier alpha value is -5.26. The minimum atomic E-state index is -0.557. The standard InChI is InChI=1S/C31H35N3O9/c1-6-14-42-23-11-9-21(10-12-23)31(37)43-24-13-8-20(15-25(24)41-7-2)18-33-34-28(35)19-32-30(36)22-16-26(38-3)29(40-5)27(17-22)39-4/h8-13,15-18H,6-7,14,19H2,1-5H3,(H,32,36)(H,34,35)/b33-18-. The van der Waals surface area contributed by atoms with Crippen molar-refractivity contribution in [1.82, 2.24) is 10.7 Å². The van der Waals surface area contributed by atoms with Gasteiger partial charge in [-0.15, -0.1) is 0 Å². The van der Waals surface area contributed by atoms with Crippen molar-refractivity contribution >= 4 is 24.0 Å². The van der Waals surface area contributed by atoms with Crippen LogP contribution >= 0.6 is 0 Å². The highest BCUT2D eigenvalue weighted by molar-refractivity contribution is 5.97. The van der Waals surface area contributed by atoms with Gasteiger partial charge < -0.3 is 33.7 Å². The number of hydrazone groups is 1. The van der Waals surface area contributed by atoms with Gasteiger partial charge in [0.05, 0.1) is 52.9 Å². The number of esters is 1. The Morgan fingerprint density at radius 1 is 0.791 bits per heavy atom. The van der Waals surface area contributed by atoms with Crippen LogP contribution in [0.2, 0.25) is 0 Å². The molecule has 0 spiro atoms. The predicted molar refractivity (Wildman–Crippen MR) is 159 cm³/mol. The third kappa shape index (κ3) is 9.12. The van der Waals surface area contributed by atoms with E-state index in [4.69, 9.17) is 28.4 Å². The lowest BCUT2D eigenvalue weighted by Crippen LogP contribution is -2.34. The monoisotopic (exact) mass is 593 g/mol. The Morgan fingerprint density at radius 2 is 1.49 bits per heavy atom. The molecular formula is C31H35N3O9. The van der Waals surface area contributed by atoms with Crippen molar-refractivity contribution < 1.29 is 42.8 Å². The number of methoxy groups -OCH3 is 3. The van der Waals surface area contributed by atoms with Crippen LogP contribution in [0, 0.1) is 0 Å². The lowest BCUT2D eigenvalue weighted by molar-refractivity contribution is -0.120. The summed E-state index contributed by atoms with van der Waals surface area (Å²) in [5.74, 6) is 0.551.